The van der Waals surface area contributed by atoms with Crippen LogP contribution in [0.1, 0.15) is 11.1 Å². The highest BCUT2D eigenvalue weighted by atomic mass is 16.2. The van der Waals surface area contributed by atoms with E-state index < -0.39 is 0 Å². The topological polar surface area (TPSA) is 44.4 Å². The Hall–Kier alpha value is -1.55. The number of hydrazine groups is 2. The molecule has 4 heteroatoms. The molecule has 1 heterocycles. The van der Waals surface area contributed by atoms with Gasteiger partial charge < -0.3 is 0 Å². The van der Waals surface area contributed by atoms with Crippen molar-refractivity contribution < 1.29 is 4.79 Å². The lowest BCUT2D eigenvalue weighted by Gasteiger charge is -2.18. The summed E-state index contributed by atoms with van der Waals surface area (Å²) in [5, 5.41) is 1.81. The molecule has 0 aliphatic carbocycles. The van der Waals surface area contributed by atoms with Gasteiger partial charge in [-0.25, -0.2) is 0 Å². The summed E-state index contributed by atoms with van der Waals surface area (Å²) in [4.78, 5) is 11.0. The van der Waals surface area contributed by atoms with Crippen LogP contribution in [0.3, 0.4) is 0 Å². The Morgan fingerprint density at radius 3 is 2.79 bits per heavy atom. The van der Waals surface area contributed by atoms with Crippen molar-refractivity contribution in [2.24, 2.45) is 0 Å². The molecule has 0 radical (unpaired) electrons. The molecule has 2 N–H and O–H groups in total. The fourth-order valence-electron chi connectivity index (χ4n) is 1.53. The van der Waals surface area contributed by atoms with Crippen molar-refractivity contribution in [3.8, 4) is 0 Å². The van der Waals surface area contributed by atoms with Gasteiger partial charge in [0.05, 0.1) is 5.69 Å². The summed E-state index contributed by atoms with van der Waals surface area (Å²) < 4.78 is 0. The van der Waals surface area contributed by atoms with E-state index in [9.17, 15) is 4.79 Å². The van der Waals surface area contributed by atoms with E-state index in [0.717, 1.165) is 5.69 Å². The van der Waals surface area contributed by atoms with E-state index in [2.05, 4.69) is 30.9 Å². The normalized spacial score (nSPS) is 15.9. The molecule has 74 valence electrons. The van der Waals surface area contributed by atoms with Crippen LogP contribution in [0.5, 0.6) is 0 Å². The second-order valence-electron chi connectivity index (χ2n) is 3.47. The van der Waals surface area contributed by atoms with Crippen LogP contribution in [-0.2, 0) is 4.79 Å². The van der Waals surface area contributed by atoms with Gasteiger partial charge in [0.2, 0.25) is 0 Å². The number of rotatable bonds is 1. The lowest BCUT2D eigenvalue weighted by molar-refractivity contribution is -0.118. The monoisotopic (exact) mass is 191 g/mol. The fraction of sp³-hybridized carbons (Fsp3) is 0.300. The average molecular weight is 191 g/mol. The van der Waals surface area contributed by atoms with Crippen LogP contribution in [-0.4, -0.2) is 12.5 Å². The van der Waals surface area contributed by atoms with Crippen LogP contribution in [0, 0.1) is 13.8 Å². The molecule has 0 bridgehead atoms. The average Bonchev–Trinajstić information content (AvgIpc) is 2.57. The minimum absolute atomic E-state index is 0.00842. The van der Waals surface area contributed by atoms with E-state index in [-0.39, 0.29) is 5.91 Å². The highest BCUT2D eigenvalue weighted by Crippen LogP contribution is 2.21. The van der Waals surface area contributed by atoms with Gasteiger partial charge in [-0.15, -0.1) is 5.53 Å². The van der Waals surface area contributed by atoms with Crippen molar-refractivity contribution >= 4 is 11.6 Å². The van der Waals surface area contributed by atoms with E-state index in [1.165, 1.54) is 11.1 Å². The molecule has 0 spiro atoms. The molecule has 0 aromatic heterocycles. The third kappa shape index (κ3) is 1.44. The number of nitrogens with zero attached hydrogens (tertiary/aromatic N) is 1. The molecule has 4 nitrogen and oxygen atoms in total. The third-order valence-electron chi connectivity index (χ3n) is 2.50. The maximum absolute atomic E-state index is 11.0. The number of anilines is 1. The van der Waals surface area contributed by atoms with E-state index in [1.54, 1.807) is 0 Å². The molecule has 1 aromatic carbocycles. The second kappa shape index (κ2) is 3.31. The smallest absolute Gasteiger partial charge is 0.256 e. The third-order valence-corrected chi connectivity index (χ3v) is 2.50. The Kier molecular flexibility index (Phi) is 2.13. The van der Waals surface area contributed by atoms with Gasteiger partial charge in [0, 0.05) is 0 Å². The maximum atomic E-state index is 11.0. The largest absolute Gasteiger partial charge is 0.281 e. The van der Waals surface area contributed by atoms with Gasteiger partial charge >= 0.3 is 0 Å². The Morgan fingerprint density at radius 2 is 2.14 bits per heavy atom. The van der Waals surface area contributed by atoms with Crippen LogP contribution in [0.2, 0.25) is 0 Å². The molecule has 1 fully saturated rings. The molecule has 0 saturated carbocycles. The Labute approximate surface area is 82.8 Å². The highest BCUT2D eigenvalue weighted by molar-refractivity contribution is 5.83. The molecular weight excluding hydrogens is 178 g/mol. The number of hydrogen-bond acceptors (Lipinski definition) is 3. The summed E-state index contributed by atoms with van der Waals surface area (Å²) in [5.74, 6) is -0.00842. The first-order chi connectivity index (χ1) is 6.68. The van der Waals surface area contributed by atoms with Crippen LogP contribution < -0.4 is 16.0 Å². The van der Waals surface area contributed by atoms with Gasteiger partial charge in [-0.3, -0.25) is 15.2 Å². The number of hydrogen-bond donors (Lipinski definition) is 2. The van der Waals surface area contributed by atoms with Gasteiger partial charge in [-0.2, -0.15) is 0 Å². The summed E-state index contributed by atoms with van der Waals surface area (Å²) in [6.07, 6.45) is 0. The molecule has 1 saturated heterocycles. The molecule has 1 aliphatic rings. The number of amides is 1. The Bertz CT molecular complexity index is 376. The Balaban J connectivity index is 2.32. The van der Waals surface area contributed by atoms with Gasteiger partial charge in [0.25, 0.3) is 5.91 Å². The highest BCUT2D eigenvalue weighted by Gasteiger charge is 2.19. The van der Waals surface area contributed by atoms with Crippen LogP contribution in [0.25, 0.3) is 0 Å². The van der Waals surface area contributed by atoms with Crippen molar-refractivity contribution in [3.05, 3.63) is 29.3 Å². The molecule has 1 amide bonds. The van der Waals surface area contributed by atoms with E-state index in [1.807, 2.05) is 17.1 Å². The summed E-state index contributed by atoms with van der Waals surface area (Å²) >= 11 is 0. The molecule has 2 rings (SSSR count). The van der Waals surface area contributed by atoms with E-state index in [4.69, 9.17) is 0 Å². The predicted octanol–water partition coefficient (Wildman–Crippen LogP) is 0.659. The lowest BCUT2D eigenvalue weighted by atomic mass is 10.1. The van der Waals surface area contributed by atoms with Gasteiger partial charge in [-0.05, 0) is 31.0 Å². The maximum Gasteiger partial charge on any atom is 0.256 e. The number of aryl methyl sites for hydroxylation is 1. The van der Waals surface area contributed by atoms with Crippen LogP contribution in [0.4, 0.5) is 5.69 Å². The van der Waals surface area contributed by atoms with E-state index >= 15 is 0 Å². The minimum atomic E-state index is -0.00842. The number of carbonyl (C=O) groups is 1. The zero-order valence-electron chi connectivity index (χ0n) is 8.29. The first-order valence-corrected chi connectivity index (χ1v) is 4.57. The quantitative estimate of drug-likeness (QED) is 0.685. The Morgan fingerprint density at radius 1 is 1.36 bits per heavy atom. The summed E-state index contributed by atoms with van der Waals surface area (Å²) in [6.45, 7) is 4.48. The van der Waals surface area contributed by atoms with Gasteiger partial charge in [0.15, 0.2) is 0 Å². The van der Waals surface area contributed by atoms with E-state index in [0.29, 0.717) is 6.54 Å². The molecule has 0 unspecified atom stereocenters. The minimum Gasteiger partial charge on any atom is -0.281 e. The first kappa shape index (κ1) is 9.02. The second-order valence-corrected chi connectivity index (χ2v) is 3.47. The SMILES string of the molecule is Cc1cccc(N2CC(=O)NN2)c1C. The summed E-state index contributed by atoms with van der Waals surface area (Å²) in [5.41, 5.74) is 8.84. The van der Waals surface area contributed by atoms with Crippen LogP contribution >= 0.6 is 0 Å². The lowest BCUT2D eigenvalue weighted by Crippen LogP contribution is -2.36. The van der Waals surface area contributed by atoms with Crippen molar-refractivity contribution in [1.82, 2.24) is 11.0 Å². The number of nitrogens with one attached hydrogen (secondary N) is 2. The molecule has 1 aromatic rings. The summed E-state index contributed by atoms with van der Waals surface area (Å²) in [6, 6.07) is 6.04. The van der Waals surface area contributed by atoms with Crippen molar-refractivity contribution in [3.63, 3.8) is 0 Å². The molecule has 14 heavy (non-hydrogen) atoms. The number of carbonyl (C=O) groups excluding carboxylic acids is 1. The van der Waals surface area contributed by atoms with Crippen LogP contribution in [0.15, 0.2) is 18.2 Å². The van der Waals surface area contributed by atoms with Gasteiger partial charge in [0.1, 0.15) is 6.54 Å². The zero-order chi connectivity index (χ0) is 10.1. The molecular formula is C10H13N3O. The zero-order valence-corrected chi connectivity index (χ0v) is 8.29. The molecule has 1 aliphatic heterocycles. The number of benzene rings is 1. The molecule has 0 atom stereocenters. The fourth-order valence-corrected chi connectivity index (χ4v) is 1.53. The standard InChI is InChI=1S/C10H13N3O/c1-7-4-3-5-9(8(7)2)13-6-10(14)11-12-13/h3-5,12H,6H2,1-2H3,(H,11,14). The van der Waals surface area contributed by atoms with Crippen molar-refractivity contribution in [1.29, 1.82) is 0 Å². The first-order valence-electron chi connectivity index (χ1n) is 4.57. The predicted molar refractivity (Wildman–Crippen MR) is 54.5 cm³/mol. The van der Waals surface area contributed by atoms with Crippen molar-refractivity contribution in [2.45, 2.75) is 13.8 Å². The van der Waals surface area contributed by atoms with Crippen molar-refractivity contribution in [2.75, 3.05) is 11.6 Å². The van der Waals surface area contributed by atoms with Gasteiger partial charge in [-0.1, -0.05) is 12.1 Å². The summed E-state index contributed by atoms with van der Waals surface area (Å²) in [7, 11) is 0.